The Balaban J connectivity index is 2.05. The zero-order valence-electron chi connectivity index (χ0n) is 11.2. The number of hydrogen-bond acceptors (Lipinski definition) is 4. The van der Waals surface area contributed by atoms with Crippen LogP contribution in [0.25, 0.3) is 0 Å². The zero-order valence-corrected chi connectivity index (χ0v) is 11.2. The predicted molar refractivity (Wildman–Crippen MR) is 76.6 cm³/mol. The van der Waals surface area contributed by atoms with E-state index in [9.17, 15) is 4.79 Å². The molecule has 5 nitrogen and oxygen atoms in total. The zero-order chi connectivity index (χ0) is 13.8. The molecular formula is C14H21N3O2. The van der Waals surface area contributed by atoms with Gasteiger partial charge in [0.2, 0.25) is 0 Å². The first-order valence-electron chi connectivity index (χ1n) is 6.65. The number of carbonyl (C=O) groups is 1. The summed E-state index contributed by atoms with van der Waals surface area (Å²) in [5.74, 6) is -0.931. The maximum atomic E-state index is 11.2. The fraction of sp³-hybridized carbons (Fsp3) is 0.500. The number of nitrogens with zero attached hydrogens (tertiary/aromatic N) is 1. The average Bonchev–Trinajstić information content (AvgIpc) is 2.37. The van der Waals surface area contributed by atoms with Crippen molar-refractivity contribution in [2.75, 3.05) is 31.2 Å². The lowest BCUT2D eigenvalue weighted by molar-refractivity contribution is 0.0698. The molecule has 0 spiro atoms. The summed E-state index contributed by atoms with van der Waals surface area (Å²) in [6, 6.07) is 5.30. The molecule has 19 heavy (non-hydrogen) atoms. The van der Waals surface area contributed by atoms with E-state index < -0.39 is 5.97 Å². The van der Waals surface area contributed by atoms with Crippen molar-refractivity contribution in [3.05, 3.63) is 23.8 Å². The van der Waals surface area contributed by atoms with Gasteiger partial charge in [-0.1, -0.05) is 6.42 Å². The summed E-state index contributed by atoms with van der Waals surface area (Å²) in [7, 11) is 2.11. The minimum atomic E-state index is -0.931. The molecule has 1 saturated heterocycles. The van der Waals surface area contributed by atoms with Gasteiger partial charge in [-0.05, 0) is 44.6 Å². The van der Waals surface area contributed by atoms with Crippen molar-refractivity contribution in [3.63, 3.8) is 0 Å². The molecule has 1 aromatic carbocycles. The summed E-state index contributed by atoms with van der Waals surface area (Å²) in [5, 5.41) is 12.4. The molecule has 2 rings (SSSR count). The Labute approximate surface area is 113 Å². The summed E-state index contributed by atoms with van der Waals surface area (Å²) in [4.78, 5) is 13.5. The smallest absolute Gasteiger partial charge is 0.337 e. The summed E-state index contributed by atoms with van der Waals surface area (Å²) >= 11 is 0. The van der Waals surface area contributed by atoms with E-state index in [1.165, 1.54) is 12.8 Å². The van der Waals surface area contributed by atoms with Crippen molar-refractivity contribution in [2.45, 2.75) is 25.3 Å². The number of nitrogens with one attached hydrogen (secondary N) is 1. The second-order valence-corrected chi connectivity index (χ2v) is 5.12. The minimum absolute atomic E-state index is 0.271. The lowest BCUT2D eigenvalue weighted by Crippen LogP contribution is -2.40. The van der Waals surface area contributed by atoms with Crippen LogP contribution in [0.2, 0.25) is 0 Å². The molecule has 1 aromatic rings. The summed E-state index contributed by atoms with van der Waals surface area (Å²) in [6.07, 6.45) is 3.62. The highest BCUT2D eigenvalue weighted by Crippen LogP contribution is 2.21. The van der Waals surface area contributed by atoms with Gasteiger partial charge < -0.3 is 21.1 Å². The highest BCUT2D eigenvalue weighted by Gasteiger charge is 2.19. The molecule has 0 amide bonds. The van der Waals surface area contributed by atoms with Gasteiger partial charge in [-0.2, -0.15) is 0 Å². The highest BCUT2D eigenvalue weighted by atomic mass is 16.4. The molecule has 1 aliphatic rings. The van der Waals surface area contributed by atoms with Crippen LogP contribution < -0.4 is 11.1 Å². The van der Waals surface area contributed by atoms with E-state index in [1.54, 1.807) is 18.2 Å². The maximum absolute atomic E-state index is 11.2. The molecule has 0 radical (unpaired) electrons. The van der Waals surface area contributed by atoms with E-state index in [2.05, 4.69) is 17.3 Å². The maximum Gasteiger partial charge on any atom is 0.337 e. The molecule has 1 fully saturated rings. The van der Waals surface area contributed by atoms with Crippen molar-refractivity contribution in [2.24, 2.45) is 0 Å². The van der Waals surface area contributed by atoms with Crippen LogP contribution in [0.5, 0.6) is 0 Å². The average molecular weight is 263 g/mol. The van der Waals surface area contributed by atoms with Gasteiger partial charge in [-0.3, -0.25) is 0 Å². The highest BCUT2D eigenvalue weighted by molar-refractivity contribution is 5.95. The third-order valence-electron chi connectivity index (χ3n) is 3.72. The molecule has 5 heteroatoms. The van der Waals surface area contributed by atoms with Crippen LogP contribution in [0.1, 0.15) is 29.6 Å². The van der Waals surface area contributed by atoms with E-state index in [-0.39, 0.29) is 5.56 Å². The number of carboxylic acids is 1. The van der Waals surface area contributed by atoms with E-state index in [1.807, 2.05) is 0 Å². The van der Waals surface area contributed by atoms with Crippen LogP contribution in [0.3, 0.4) is 0 Å². The van der Waals surface area contributed by atoms with Gasteiger partial charge in [0.1, 0.15) is 0 Å². The molecule has 1 heterocycles. The van der Waals surface area contributed by atoms with Crippen molar-refractivity contribution < 1.29 is 9.90 Å². The molecule has 1 unspecified atom stereocenters. The van der Waals surface area contributed by atoms with Crippen molar-refractivity contribution in [1.29, 1.82) is 0 Å². The summed E-state index contributed by atoms with van der Waals surface area (Å²) < 4.78 is 0. The Hall–Kier alpha value is -1.75. The van der Waals surface area contributed by atoms with E-state index >= 15 is 0 Å². The molecule has 0 saturated carbocycles. The Morgan fingerprint density at radius 2 is 2.32 bits per heavy atom. The first kappa shape index (κ1) is 13.7. The quantitative estimate of drug-likeness (QED) is 0.723. The third-order valence-corrected chi connectivity index (χ3v) is 3.72. The van der Waals surface area contributed by atoms with Crippen LogP contribution >= 0.6 is 0 Å². The molecule has 0 aromatic heterocycles. The number of hydrogen-bond donors (Lipinski definition) is 3. The number of anilines is 2. The number of aromatic carboxylic acids is 1. The number of piperidine rings is 1. The van der Waals surface area contributed by atoms with Gasteiger partial charge in [-0.15, -0.1) is 0 Å². The number of benzene rings is 1. The van der Waals surface area contributed by atoms with Gasteiger partial charge in [0, 0.05) is 18.3 Å². The van der Waals surface area contributed by atoms with Crippen LogP contribution in [0, 0.1) is 0 Å². The number of carboxylic acid groups (broad SMARTS) is 1. The van der Waals surface area contributed by atoms with E-state index in [0.717, 1.165) is 19.5 Å². The fourth-order valence-corrected chi connectivity index (χ4v) is 2.52. The van der Waals surface area contributed by atoms with Crippen molar-refractivity contribution in [1.82, 2.24) is 4.90 Å². The standard InChI is InChI=1S/C14H21N3O2/c1-17-7-3-2-4-11(17)9-16-13-8-10(15)5-6-12(13)14(18)19/h5-6,8,11,16H,2-4,7,9,15H2,1H3,(H,18,19). The SMILES string of the molecule is CN1CCCCC1CNc1cc(N)ccc1C(=O)O. The third kappa shape index (κ3) is 3.38. The van der Waals surface area contributed by atoms with Crippen molar-refractivity contribution >= 4 is 17.3 Å². The Kier molecular flexibility index (Phi) is 4.27. The van der Waals surface area contributed by atoms with Gasteiger partial charge in [0.05, 0.1) is 11.3 Å². The summed E-state index contributed by atoms with van der Waals surface area (Å²) in [5.41, 5.74) is 7.17. The Bertz CT molecular complexity index is 462. The molecule has 4 N–H and O–H groups in total. The molecule has 0 bridgehead atoms. The van der Waals surface area contributed by atoms with Gasteiger partial charge in [0.15, 0.2) is 0 Å². The fourth-order valence-electron chi connectivity index (χ4n) is 2.52. The number of nitrogen functional groups attached to an aromatic ring is 1. The Morgan fingerprint density at radius 3 is 3.00 bits per heavy atom. The molecular weight excluding hydrogens is 242 g/mol. The largest absolute Gasteiger partial charge is 0.478 e. The van der Waals surface area contributed by atoms with Crippen molar-refractivity contribution in [3.8, 4) is 0 Å². The van der Waals surface area contributed by atoms with Crippen LogP contribution in [0.15, 0.2) is 18.2 Å². The predicted octanol–water partition coefficient (Wildman–Crippen LogP) is 1.86. The molecule has 104 valence electrons. The van der Waals surface area contributed by atoms with Crippen LogP contribution in [-0.2, 0) is 0 Å². The first-order chi connectivity index (χ1) is 9.08. The lowest BCUT2D eigenvalue weighted by atomic mass is 10.0. The molecule has 1 aliphatic heterocycles. The van der Waals surface area contributed by atoms with E-state index in [0.29, 0.717) is 17.4 Å². The first-order valence-corrected chi connectivity index (χ1v) is 6.65. The second kappa shape index (κ2) is 5.93. The topological polar surface area (TPSA) is 78.6 Å². The van der Waals surface area contributed by atoms with Crippen LogP contribution in [0.4, 0.5) is 11.4 Å². The summed E-state index contributed by atoms with van der Waals surface area (Å²) in [6.45, 7) is 1.86. The molecule has 0 aliphatic carbocycles. The molecule has 1 atom stereocenters. The number of likely N-dealkylation sites (tertiary alicyclic amines) is 1. The van der Waals surface area contributed by atoms with E-state index in [4.69, 9.17) is 10.8 Å². The van der Waals surface area contributed by atoms with Gasteiger partial charge >= 0.3 is 5.97 Å². The number of nitrogens with two attached hydrogens (primary N) is 1. The number of likely N-dealkylation sites (N-methyl/N-ethyl adjacent to an activating group) is 1. The van der Waals surface area contributed by atoms with Gasteiger partial charge in [0.25, 0.3) is 0 Å². The van der Waals surface area contributed by atoms with Gasteiger partial charge in [-0.25, -0.2) is 4.79 Å². The second-order valence-electron chi connectivity index (χ2n) is 5.12. The lowest BCUT2D eigenvalue weighted by Gasteiger charge is -2.32. The monoisotopic (exact) mass is 263 g/mol. The normalized spacial score (nSPS) is 20.2. The Morgan fingerprint density at radius 1 is 1.53 bits per heavy atom. The minimum Gasteiger partial charge on any atom is -0.478 e. The number of rotatable bonds is 4. The van der Waals surface area contributed by atoms with Crippen LogP contribution in [-0.4, -0.2) is 42.2 Å².